The summed E-state index contributed by atoms with van der Waals surface area (Å²) in [6.45, 7) is 11.8. The molecule has 2 rings (SSSR count). The Morgan fingerprint density at radius 1 is 1.00 bits per heavy atom. The first-order valence-corrected chi connectivity index (χ1v) is 9.24. The Labute approximate surface area is 154 Å². The van der Waals surface area contributed by atoms with E-state index in [-0.39, 0.29) is 16.9 Å². The van der Waals surface area contributed by atoms with Gasteiger partial charge in [0.1, 0.15) is 0 Å². The van der Waals surface area contributed by atoms with Gasteiger partial charge in [-0.05, 0) is 75.9 Å². The molecule has 0 bridgehead atoms. The van der Waals surface area contributed by atoms with Crippen molar-refractivity contribution < 1.29 is 9.59 Å². The number of ketones is 1. The van der Waals surface area contributed by atoms with Gasteiger partial charge in [0, 0.05) is 16.1 Å². The highest BCUT2D eigenvalue weighted by Crippen LogP contribution is 2.34. The van der Waals surface area contributed by atoms with E-state index in [9.17, 15) is 9.59 Å². The van der Waals surface area contributed by atoms with Crippen molar-refractivity contribution in [3.63, 3.8) is 0 Å². The van der Waals surface area contributed by atoms with E-state index in [1.165, 1.54) is 34.1 Å². The molecule has 132 valence electrons. The van der Waals surface area contributed by atoms with E-state index in [0.29, 0.717) is 11.3 Å². The molecule has 2 aromatic carbocycles. The molecule has 1 amide bonds. The van der Waals surface area contributed by atoms with Crippen molar-refractivity contribution in [3.05, 3.63) is 58.1 Å². The van der Waals surface area contributed by atoms with Crippen LogP contribution in [-0.2, 0) is 4.79 Å². The van der Waals surface area contributed by atoms with Crippen LogP contribution in [0.4, 0.5) is 5.69 Å². The third-order valence-electron chi connectivity index (χ3n) is 4.50. The van der Waals surface area contributed by atoms with Gasteiger partial charge in [0.25, 0.3) is 0 Å². The fourth-order valence-electron chi connectivity index (χ4n) is 2.65. The Morgan fingerprint density at radius 2 is 1.60 bits per heavy atom. The summed E-state index contributed by atoms with van der Waals surface area (Å²) in [5.41, 5.74) is 6.19. The quantitative estimate of drug-likeness (QED) is 0.589. The van der Waals surface area contributed by atoms with Crippen LogP contribution in [0.25, 0.3) is 0 Å². The van der Waals surface area contributed by atoms with Crippen LogP contribution in [0.5, 0.6) is 0 Å². The number of carbonyl (C=O) groups excluding carboxylic acids is 2. The number of thioether (sulfide) groups is 1. The van der Waals surface area contributed by atoms with Crippen molar-refractivity contribution >= 4 is 29.1 Å². The summed E-state index contributed by atoms with van der Waals surface area (Å²) in [6, 6.07) is 9.23. The van der Waals surface area contributed by atoms with Crippen LogP contribution in [0.1, 0.15) is 46.5 Å². The number of anilines is 1. The van der Waals surface area contributed by atoms with Crippen molar-refractivity contribution in [2.75, 3.05) is 5.32 Å². The molecule has 3 nitrogen and oxygen atoms in total. The van der Waals surface area contributed by atoms with Gasteiger partial charge in [-0.3, -0.25) is 9.59 Å². The smallest absolute Gasteiger partial charge is 0.237 e. The van der Waals surface area contributed by atoms with Crippen LogP contribution in [-0.4, -0.2) is 16.9 Å². The number of hydrogen-bond acceptors (Lipinski definition) is 3. The van der Waals surface area contributed by atoms with Crippen LogP contribution >= 0.6 is 11.8 Å². The fourth-order valence-corrected chi connectivity index (χ4v) is 3.84. The normalized spacial score (nSPS) is 11.9. The Balaban J connectivity index is 2.17. The average molecular weight is 356 g/mol. The van der Waals surface area contributed by atoms with Gasteiger partial charge in [-0.2, -0.15) is 0 Å². The van der Waals surface area contributed by atoms with Crippen LogP contribution in [0.15, 0.2) is 35.2 Å². The van der Waals surface area contributed by atoms with Gasteiger partial charge in [-0.25, -0.2) is 0 Å². The average Bonchev–Trinajstić information content (AvgIpc) is 2.56. The zero-order valence-electron chi connectivity index (χ0n) is 15.7. The molecule has 0 spiro atoms. The predicted molar refractivity (Wildman–Crippen MR) is 106 cm³/mol. The maximum Gasteiger partial charge on any atom is 0.237 e. The number of Topliss-reactive ketones (excluding diaryl/α,β-unsaturated/α-hetero) is 1. The molecule has 0 radical (unpaired) electrons. The zero-order chi connectivity index (χ0) is 18.7. The van der Waals surface area contributed by atoms with E-state index >= 15 is 0 Å². The number of rotatable bonds is 5. The number of amides is 1. The van der Waals surface area contributed by atoms with E-state index in [4.69, 9.17) is 0 Å². The van der Waals surface area contributed by atoms with E-state index in [1.54, 1.807) is 36.0 Å². The summed E-state index contributed by atoms with van der Waals surface area (Å²) < 4.78 is 0. The summed E-state index contributed by atoms with van der Waals surface area (Å²) in [5, 5.41) is 2.68. The molecule has 0 fully saturated rings. The summed E-state index contributed by atoms with van der Waals surface area (Å²) in [6.07, 6.45) is 0. The van der Waals surface area contributed by atoms with Crippen molar-refractivity contribution in [1.29, 1.82) is 0 Å². The minimum atomic E-state index is -0.236. The number of aryl methyl sites for hydroxylation is 2. The molecule has 0 aliphatic heterocycles. The van der Waals surface area contributed by atoms with Gasteiger partial charge in [0.15, 0.2) is 5.78 Å². The molecular weight excluding hydrogens is 330 g/mol. The van der Waals surface area contributed by atoms with Crippen molar-refractivity contribution in [1.82, 2.24) is 0 Å². The molecule has 0 aromatic heterocycles. The van der Waals surface area contributed by atoms with Gasteiger partial charge >= 0.3 is 0 Å². The molecule has 0 unspecified atom stereocenters. The largest absolute Gasteiger partial charge is 0.325 e. The molecule has 0 heterocycles. The Bertz CT molecular complexity index is 801. The highest BCUT2D eigenvalue weighted by molar-refractivity contribution is 8.00. The predicted octanol–water partition coefficient (Wildman–Crippen LogP) is 5.24. The van der Waals surface area contributed by atoms with Crippen molar-refractivity contribution in [3.8, 4) is 0 Å². The molecular formula is C21H25NO2S. The molecule has 0 saturated heterocycles. The van der Waals surface area contributed by atoms with Crippen LogP contribution in [0.3, 0.4) is 0 Å². The maximum atomic E-state index is 12.6. The highest BCUT2D eigenvalue weighted by Gasteiger charge is 2.18. The van der Waals surface area contributed by atoms with Gasteiger partial charge in [-0.15, -0.1) is 11.8 Å². The molecule has 2 aromatic rings. The first kappa shape index (κ1) is 19.3. The van der Waals surface area contributed by atoms with E-state index in [1.807, 2.05) is 6.92 Å². The second-order valence-electron chi connectivity index (χ2n) is 6.48. The maximum absolute atomic E-state index is 12.6. The zero-order valence-corrected chi connectivity index (χ0v) is 16.5. The summed E-state index contributed by atoms with van der Waals surface area (Å²) in [4.78, 5) is 25.2. The first-order chi connectivity index (χ1) is 11.7. The number of hydrogen-bond donors (Lipinski definition) is 1. The Hall–Kier alpha value is -2.07. The standard InChI is InChI=1S/C21H25NO2S/c1-12-10-13(2)15(4)20(14(12)3)25-17(6)21(24)22-19-9-7-8-18(11-19)16(5)23/h7-11,17H,1-6H3,(H,22,24)/t17-/m1/s1. The molecule has 4 heteroatoms. The van der Waals surface area contributed by atoms with E-state index in [2.05, 4.69) is 39.1 Å². The third kappa shape index (κ3) is 4.51. The van der Waals surface area contributed by atoms with Crippen LogP contribution in [0, 0.1) is 27.7 Å². The third-order valence-corrected chi connectivity index (χ3v) is 5.91. The summed E-state index contributed by atoms with van der Waals surface area (Å²) in [5.74, 6) is -0.0799. The van der Waals surface area contributed by atoms with Crippen molar-refractivity contribution in [2.24, 2.45) is 0 Å². The monoisotopic (exact) mass is 355 g/mol. The minimum absolute atomic E-state index is 0.0139. The van der Waals surface area contributed by atoms with Crippen LogP contribution in [0.2, 0.25) is 0 Å². The van der Waals surface area contributed by atoms with E-state index < -0.39 is 0 Å². The summed E-state index contributed by atoms with van der Waals surface area (Å²) in [7, 11) is 0. The number of carbonyl (C=O) groups is 2. The molecule has 0 saturated carbocycles. The highest BCUT2D eigenvalue weighted by atomic mass is 32.2. The molecule has 1 N–H and O–H groups in total. The second-order valence-corrected chi connectivity index (χ2v) is 7.83. The lowest BCUT2D eigenvalue weighted by atomic mass is 10.0. The lowest BCUT2D eigenvalue weighted by molar-refractivity contribution is -0.115. The topological polar surface area (TPSA) is 46.2 Å². The van der Waals surface area contributed by atoms with Gasteiger partial charge in [-0.1, -0.05) is 18.2 Å². The second kappa shape index (κ2) is 7.87. The van der Waals surface area contributed by atoms with Crippen LogP contribution < -0.4 is 5.32 Å². The molecule has 0 aliphatic rings. The lowest BCUT2D eigenvalue weighted by Crippen LogP contribution is -2.22. The fraction of sp³-hybridized carbons (Fsp3) is 0.333. The van der Waals surface area contributed by atoms with Gasteiger partial charge in [0.05, 0.1) is 5.25 Å². The molecule has 0 aliphatic carbocycles. The SMILES string of the molecule is CC(=O)c1cccc(NC(=O)[C@@H](C)Sc2c(C)c(C)cc(C)c2C)c1. The Morgan fingerprint density at radius 3 is 2.16 bits per heavy atom. The molecule has 1 atom stereocenters. The van der Waals surface area contributed by atoms with Gasteiger partial charge in [0.2, 0.25) is 5.91 Å². The lowest BCUT2D eigenvalue weighted by Gasteiger charge is -2.18. The van der Waals surface area contributed by atoms with Gasteiger partial charge < -0.3 is 5.32 Å². The van der Waals surface area contributed by atoms with Crippen molar-refractivity contribution in [2.45, 2.75) is 51.7 Å². The number of benzene rings is 2. The Kier molecular flexibility index (Phi) is 6.07. The minimum Gasteiger partial charge on any atom is -0.325 e. The number of nitrogens with one attached hydrogen (secondary N) is 1. The first-order valence-electron chi connectivity index (χ1n) is 8.36. The van der Waals surface area contributed by atoms with E-state index in [0.717, 1.165) is 0 Å². The molecule has 25 heavy (non-hydrogen) atoms. The summed E-state index contributed by atoms with van der Waals surface area (Å²) >= 11 is 1.58.